The minimum atomic E-state index is -0.285. The fourth-order valence-corrected chi connectivity index (χ4v) is 3.95. The summed E-state index contributed by atoms with van der Waals surface area (Å²) in [5.41, 5.74) is 3.06. The van der Waals surface area contributed by atoms with Crippen LogP contribution in [0.3, 0.4) is 0 Å². The summed E-state index contributed by atoms with van der Waals surface area (Å²) in [7, 11) is 0. The van der Waals surface area contributed by atoms with Crippen LogP contribution in [0, 0.1) is 0 Å². The molecule has 4 heterocycles. The molecule has 1 fully saturated rings. The molecule has 1 saturated heterocycles. The Kier molecular flexibility index (Phi) is 4.78. The van der Waals surface area contributed by atoms with E-state index in [1.165, 1.54) is 5.69 Å². The van der Waals surface area contributed by atoms with Gasteiger partial charge in [-0.1, -0.05) is 0 Å². The second-order valence-electron chi connectivity index (χ2n) is 6.97. The lowest BCUT2D eigenvalue weighted by atomic mass is 10.1. The summed E-state index contributed by atoms with van der Waals surface area (Å²) >= 11 is 0. The molecule has 2 aromatic heterocycles. The van der Waals surface area contributed by atoms with E-state index in [4.69, 9.17) is 4.98 Å². The molecular formula is C18H26N6O2. The minimum absolute atomic E-state index is 0.0459. The molecule has 2 aromatic rings. The van der Waals surface area contributed by atoms with Crippen LogP contribution in [0.4, 0.5) is 11.8 Å². The van der Waals surface area contributed by atoms with Gasteiger partial charge in [0.15, 0.2) is 0 Å². The number of nitrogens with zero attached hydrogens (tertiary/aromatic N) is 6. The van der Waals surface area contributed by atoms with Gasteiger partial charge in [-0.2, -0.15) is 10.1 Å². The van der Waals surface area contributed by atoms with Gasteiger partial charge in [0.05, 0.1) is 18.4 Å². The van der Waals surface area contributed by atoms with E-state index >= 15 is 0 Å². The molecule has 8 heteroatoms. The second-order valence-corrected chi connectivity index (χ2v) is 6.97. The maximum atomic E-state index is 9.92. The van der Waals surface area contributed by atoms with Crippen LogP contribution < -0.4 is 9.80 Å². The Morgan fingerprint density at radius 1 is 1.27 bits per heavy atom. The van der Waals surface area contributed by atoms with Crippen molar-refractivity contribution in [1.82, 2.24) is 19.7 Å². The van der Waals surface area contributed by atoms with Crippen LogP contribution in [-0.4, -0.2) is 55.7 Å². The van der Waals surface area contributed by atoms with Gasteiger partial charge < -0.3 is 20.0 Å². The summed E-state index contributed by atoms with van der Waals surface area (Å²) in [4.78, 5) is 13.5. The van der Waals surface area contributed by atoms with Crippen LogP contribution in [-0.2, 0) is 26.1 Å². The number of aromatic nitrogens is 4. The third-order valence-electron chi connectivity index (χ3n) is 5.30. The third-order valence-corrected chi connectivity index (χ3v) is 5.30. The lowest BCUT2D eigenvalue weighted by Crippen LogP contribution is -2.39. The molecule has 1 atom stereocenters. The molecule has 2 N–H and O–H groups in total. The summed E-state index contributed by atoms with van der Waals surface area (Å²) in [6.07, 6.45) is 4.20. The zero-order valence-electron chi connectivity index (χ0n) is 15.2. The summed E-state index contributed by atoms with van der Waals surface area (Å²) in [6.45, 7) is 5.86. The highest BCUT2D eigenvalue weighted by Gasteiger charge is 2.26. The smallest absolute Gasteiger partial charge is 0.227 e. The number of aliphatic hydroxyl groups excluding tert-OH is 2. The molecule has 0 saturated carbocycles. The molecule has 140 valence electrons. The number of anilines is 2. The molecular weight excluding hydrogens is 332 g/mol. The van der Waals surface area contributed by atoms with E-state index in [0.717, 1.165) is 56.0 Å². The Bertz CT molecular complexity index is 777. The normalized spacial score (nSPS) is 20.3. The second kappa shape index (κ2) is 7.20. The van der Waals surface area contributed by atoms with Crippen molar-refractivity contribution < 1.29 is 10.2 Å². The van der Waals surface area contributed by atoms with E-state index in [0.29, 0.717) is 19.0 Å². The van der Waals surface area contributed by atoms with Crippen molar-refractivity contribution in [3.63, 3.8) is 0 Å². The number of β-amino-alcohol motifs (C(OH)–C–C–N with tert-alkyl or cyclic N) is 1. The Morgan fingerprint density at radius 3 is 2.92 bits per heavy atom. The van der Waals surface area contributed by atoms with Gasteiger partial charge in [0.2, 0.25) is 5.95 Å². The molecule has 2 aliphatic rings. The number of hydrogen-bond donors (Lipinski definition) is 2. The maximum absolute atomic E-state index is 9.92. The Morgan fingerprint density at radius 2 is 2.15 bits per heavy atom. The molecule has 4 rings (SSSR count). The van der Waals surface area contributed by atoms with Gasteiger partial charge >= 0.3 is 0 Å². The summed E-state index contributed by atoms with van der Waals surface area (Å²) in [6, 6.07) is 1.91. The molecule has 8 nitrogen and oxygen atoms in total. The van der Waals surface area contributed by atoms with Crippen molar-refractivity contribution in [2.45, 2.75) is 52.0 Å². The first-order valence-corrected chi connectivity index (χ1v) is 9.39. The number of fused-ring (bicyclic) bond motifs is 1. The monoisotopic (exact) mass is 358 g/mol. The van der Waals surface area contributed by atoms with Gasteiger partial charge in [0, 0.05) is 56.6 Å². The lowest BCUT2D eigenvalue weighted by molar-refractivity contribution is 0.154. The highest BCUT2D eigenvalue weighted by Crippen LogP contribution is 2.26. The van der Waals surface area contributed by atoms with Crippen molar-refractivity contribution in [1.29, 1.82) is 0 Å². The largest absolute Gasteiger partial charge is 0.391 e. The summed E-state index contributed by atoms with van der Waals surface area (Å²) in [5, 5.41) is 24.1. The maximum Gasteiger partial charge on any atom is 0.227 e. The summed E-state index contributed by atoms with van der Waals surface area (Å²) in [5.74, 6) is 1.56. The molecule has 0 aliphatic carbocycles. The first kappa shape index (κ1) is 17.2. The van der Waals surface area contributed by atoms with E-state index in [1.807, 2.05) is 10.7 Å². The zero-order chi connectivity index (χ0) is 18.1. The van der Waals surface area contributed by atoms with Gasteiger partial charge in [-0.05, 0) is 25.8 Å². The topological polar surface area (TPSA) is 90.5 Å². The predicted octanol–water partition coefficient (Wildman–Crippen LogP) is 0.709. The third kappa shape index (κ3) is 3.14. The van der Waals surface area contributed by atoms with Gasteiger partial charge in [0.1, 0.15) is 5.82 Å². The van der Waals surface area contributed by atoms with Gasteiger partial charge in [-0.25, -0.2) is 4.98 Å². The van der Waals surface area contributed by atoms with Crippen molar-refractivity contribution in [2.24, 2.45) is 0 Å². The summed E-state index contributed by atoms with van der Waals surface area (Å²) < 4.78 is 1.99. The zero-order valence-corrected chi connectivity index (χ0v) is 15.2. The quantitative estimate of drug-likeness (QED) is 0.832. The van der Waals surface area contributed by atoms with E-state index in [1.54, 1.807) is 6.20 Å². The number of rotatable bonds is 4. The van der Waals surface area contributed by atoms with Crippen LogP contribution in [0.5, 0.6) is 0 Å². The van der Waals surface area contributed by atoms with E-state index in [2.05, 4.69) is 26.8 Å². The van der Waals surface area contributed by atoms with Crippen LogP contribution in [0.25, 0.3) is 0 Å². The molecule has 26 heavy (non-hydrogen) atoms. The van der Waals surface area contributed by atoms with Crippen LogP contribution in [0.2, 0.25) is 0 Å². The molecule has 0 aromatic carbocycles. The minimum Gasteiger partial charge on any atom is -0.391 e. The Balaban J connectivity index is 1.57. The average Bonchev–Trinajstić information content (AvgIpc) is 3.05. The average molecular weight is 358 g/mol. The highest BCUT2D eigenvalue weighted by molar-refractivity contribution is 5.46. The molecule has 0 radical (unpaired) electrons. The molecule has 0 spiro atoms. The fourth-order valence-electron chi connectivity index (χ4n) is 3.95. The van der Waals surface area contributed by atoms with Gasteiger partial charge in [-0.15, -0.1) is 0 Å². The van der Waals surface area contributed by atoms with Crippen molar-refractivity contribution in [3.8, 4) is 0 Å². The van der Waals surface area contributed by atoms with Crippen LogP contribution >= 0.6 is 0 Å². The van der Waals surface area contributed by atoms with E-state index in [-0.39, 0.29) is 12.7 Å². The number of hydrogen-bond acceptors (Lipinski definition) is 7. The number of aryl methyl sites for hydroxylation is 1. The molecule has 0 bridgehead atoms. The fraction of sp³-hybridized carbons (Fsp3) is 0.611. The number of aliphatic hydroxyl groups is 2. The van der Waals surface area contributed by atoms with Crippen LogP contribution in [0.15, 0.2) is 12.3 Å². The Hall–Kier alpha value is -2.19. The molecule has 2 aliphatic heterocycles. The predicted molar refractivity (Wildman–Crippen MR) is 98.1 cm³/mol. The first-order valence-electron chi connectivity index (χ1n) is 9.39. The van der Waals surface area contributed by atoms with Gasteiger partial charge in [-0.3, -0.25) is 4.68 Å². The van der Waals surface area contributed by atoms with Crippen molar-refractivity contribution >= 4 is 11.8 Å². The molecule has 0 amide bonds. The van der Waals surface area contributed by atoms with Gasteiger partial charge in [0.25, 0.3) is 0 Å². The SMILES string of the molecule is CCn1nc(CO)c2c1CCN(c1nccc(N3CCCC(O)C3)n1)C2. The lowest BCUT2D eigenvalue weighted by Gasteiger charge is -2.32. The Labute approximate surface area is 153 Å². The number of piperidine rings is 1. The van der Waals surface area contributed by atoms with Crippen molar-refractivity contribution in [3.05, 3.63) is 29.2 Å². The highest BCUT2D eigenvalue weighted by atomic mass is 16.3. The first-order chi connectivity index (χ1) is 12.7. The molecule has 1 unspecified atom stereocenters. The standard InChI is InChI=1S/C18H26N6O2/c1-2-24-16-6-9-23(11-14(16)15(12-25)21-24)18-19-7-5-17(20-18)22-8-3-4-13(26)10-22/h5,7,13,25-26H,2-4,6,8-12H2,1H3. The van der Waals surface area contributed by atoms with E-state index in [9.17, 15) is 10.2 Å². The van der Waals surface area contributed by atoms with Crippen molar-refractivity contribution in [2.75, 3.05) is 29.4 Å². The van der Waals surface area contributed by atoms with E-state index < -0.39 is 0 Å². The van der Waals surface area contributed by atoms with Crippen LogP contribution in [0.1, 0.15) is 36.7 Å².